The molecule has 0 saturated carbocycles. The molecule has 10 heteroatoms. The molecule has 0 aliphatic carbocycles. The van der Waals surface area contributed by atoms with E-state index in [4.69, 9.17) is 16.3 Å². The minimum atomic E-state index is -3.04. The fourth-order valence-electron chi connectivity index (χ4n) is 2.67. The van der Waals surface area contributed by atoms with E-state index < -0.39 is 30.2 Å². The number of para-hydroxylation sites is 1. The number of esters is 1. The number of pyridine rings is 1. The van der Waals surface area contributed by atoms with Crippen molar-refractivity contribution in [3.8, 4) is 5.75 Å². The van der Waals surface area contributed by atoms with Crippen molar-refractivity contribution in [1.29, 1.82) is 0 Å². The van der Waals surface area contributed by atoms with Crippen molar-refractivity contribution in [1.82, 2.24) is 4.98 Å². The Hall–Kier alpha value is -3.46. The third-order valence-electron chi connectivity index (χ3n) is 4.04. The second kappa shape index (κ2) is 8.91. The van der Waals surface area contributed by atoms with E-state index in [-0.39, 0.29) is 22.0 Å². The number of benzene rings is 2. The van der Waals surface area contributed by atoms with Gasteiger partial charge in [0, 0.05) is 22.7 Å². The lowest BCUT2D eigenvalue weighted by atomic mass is 10.1. The van der Waals surface area contributed by atoms with Crippen LogP contribution in [-0.4, -0.2) is 29.6 Å². The SMILES string of the molecule is CC(OC(=O)c1cc(=O)[nH]c2ccccc12)C(=O)Nc1ccc(OC(F)F)c(Cl)c1. The van der Waals surface area contributed by atoms with Gasteiger partial charge in [-0.1, -0.05) is 29.8 Å². The number of amides is 1. The number of rotatable bonds is 6. The van der Waals surface area contributed by atoms with Gasteiger partial charge < -0.3 is 19.8 Å². The molecule has 2 N–H and O–H groups in total. The van der Waals surface area contributed by atoms with Gasteiger partial charge in [0.15, 0.2) is 6.10 Å². The number of nitrogens with one attached hydrogen (secondary N) is 2. The van der Waals surface area contributed by atoms with Crippen molar-refractivity contribution in [3.05, 3.63) is 69.5 Å². The Morgan fingerprint density at radius 2 is 1.87 bits per heavy atom. The Kier molecular flexibility index (Phi) is 6.31. The quantitative estimate of drug-likeness (QED) is 0.570. The molecule has 1 amide bonds. The van der Waals surface area contributed by atoms with Gasteiger partial charge in [-0.3, -0.25) is 9.59 Å². The normalized spacial score (nSPS) is 11.9. The Balaban J connectivity index is 1.71. The average Bonchev–Trinajstić information content (AvgIpc) is 2.69. The predicted octanol–water partition coefficient (Wildman–Crippen LogP) is 3.97. The monoisotopic (exact) mass is 436 g/mol. The molecule has 0 aliphatic rings. The summed E-state index contributed by atoms with van der Waals surface area (Å²) in [7, 11) is 0. The molecular weight excluding hydrogens is 422 g/mol. The van der Waals surface area contributed by atoms with Crippen LogP contribution in [0.25, 0.3) is 10.9 Å². The lowest BCUT2D eigenvalue weighted by Crippen LogP contribution is -2.30. The maximum absolute atomic E-state index is 12.5. The summed E-state index contributed by atoms with van der Waals surface area (Å²) in [5.74, 6) is -1.78. The average molecular weight is 437 g/mol. The topological polar surface area (TPSA) is 97.5 Å². The predicted molar refractivity (Wildman–Crippen MR) is 106 cm³/mol. The van der Waals surface area contributed by atoms with Crippen molar-refractivity contribution in [2.24, 2.45) is 0 Å². The van der Waals surface area contributed by atoms with Gasteiger partial charge >= 0.3 is 12.6 Å². The molecule has 7 nitrogen and oxygen atoms in total. The summed E-state index contributed by atoms with van der Waals surface area (Å²) in [4.78, 5) is 39.2. The van der Waals surface area contributed by atoms with Gasteiger partial charge in [-0.05, 0) is 31.2 Å². The molecule has 0 bridgehead atoms. The highest BCUT2D eigenvalue weighted by molar-refractivity contribution is 6.32. The number of halogens is 3. The summed E-state index contributed by atoms with van der Waals surface area (Å²) in [5.41, 5.74) is 0.176. The van der Waals surface area contributed by atoms with Crippen molar-refractivity contribution < 1.29 is 27.8 Å². The molecule has 0 saturated heterocycles. The van der Waals surface area contributed by atoms with Crippen LogP contribution in [-0.2, 0) is 9.53 Å². The van der Waals surface area contributed by atoms with E-state index in [0.717, 1.165) is 6.07 Å². The molecule has 2 aromatic carbocycles. The number of ether oxygens (including phenoxy) is 2. The molecule has 0 aliphatic heterocycles. The van der Waals surface area contributed by atoms with Gasteiger partial charge in [0.1, 0.15) is 5.75 Å². The summed E-state index contributed by atoms with van der Waals surface area (Å²) >= 11 is 5.84. The Labute approximate surface area is 173 Å². The first-order valence-corrected chi connectivity index (χ1v) is 9.00. The molecule has 3 aromatic rings. The highest BCUT2D eigenvalue weighted by Gasteiger charge is 2.21. The molecule has 1 aromatic heterocycles. The fourth-order valence-corrected chi connectivity index (χ4v) is 2.89. The van der Waals surface area contributed by atoms with Crippen LogP contribution in [0.2, 0.25) is 5.02 Å². The van der Waals surface area contributed by atoms with E-state index in [1.54, 1.807) is 24.3 Å². The van der Waals surface area contributed by atoms with Gasteiger partial charge in [0.2, 0.25) is 5.56 Å². The third kappa shape index (κ3) is 4.93. The van der Waals surface area contributed by atoms with Crippen LogP contribution in [0.3, 0.4) is 0 Å². The van der Waals surface area contributed by atoms with Crippen molar-refractivity contribution >= 4 is 40.1 Å². The van der Waals surface area contributed by atoms with E-state index >= 15 is 0 Å². The number of carbonyl (C=O) groups is 2. The van der Waals surface area contributed by atoms with Crippen molar-refractivity contribution in [2.75, 3.05) is 5.32 Å². The Morgan fingerprint density at radius 1 is 1.13 bits per heavy atom. The highest BCUT2D eigenvalue weighted by Crippen LogP contribution is 2.29. The van der Waals surface area contributed by atoms with Gasteiger partial charge in [0.25, 0.3) is 5.91 Å². The number of carbonyl (C=O) groups excluding carboxylic acids is 2. The molecule has 0 radical (unpaired) electrons. The Morgan fingerprint density at radius 3 is 2.57 bits per heavy atom. The van der Waals surface area contributed by atoms with Crippen LogP contribution >= 0.6 is 11.6 Å². The summed E-state index contributed by atoms with van der Waals surface area (Å²) in [6, 6.07) is 11.5. The molecule has 0 fully saturated rings. The molecule has 1 heterocycles. The smallest absolute Gasteiger partial charge is 0.387 e. The van der Waals surface area contributed by atoms with E-state index in [2.05, 4.69) is 15.0 Å². The van der Waals surface area contributed by atoms with Crippen molar-refractivity contribution in [2.45, 2.75) is 19.6 Å². The number of H-pyrrole nitrogens is 1. The number of alkyl halides is 2. The van der Waals surface area contributed by atoms with Crippen LogP contribution in [0.5, 0.6) is 5.75 Å². The largest absolute Gasteiger partial charge is 0.449 e. The second-order valence-electron chi connectivity index (χ2n) is 6.15. The standard InChI is InChI=1S/C20H15ClF2N2O5/c1-10(18(27)24-11-6-7-16(14(21)8-11)30-20(22)23)29-19(28)13-9-17(26)25-15-5-3-2-4-12(13)15/h2-10,20H,1H3,(H,24,27)(H,25,26). The van der Waals surface area contributed by atoms with E-state index in [1.807, 2.05) is 0 Å². The van der Waals surface area contributed by atoms with Gasteiger partial charge in [-0.2, -0.15) is 8.78 Å². The number of aromatic amines is 1. The molecule has 1 unspecified atom stereocenters. The van der Waals surface area contributed by atoms with Crippen LogP contribution in [0.1, 0.15) is 17.3 Å². The number of anilines is 1. The maximum Gasteiger partial charge on any atom is 0.387 e. The van der Waals surface area contributed by atoms with Crippen LogP contribution < -0.4 is 15.6 Å². The molecule has 3 rings (SSSR count). The third-order valence-corrected chi connectivity index (χ3v) is 4.33. The minimum absolute atomic E-state index is 0.0190. The summed E-state index contributed by atoms with van der Waals surface area (Å²) in [6.45, 7) is -1.69. The zero-order chi connectivity index (χ0) is 21.8. The molecule has 1 atom stereocenters. The minimum Gasteiger partial charge on any atom is -0.449 e. The van der Waals surface area contributed by atoms with Crippen LogP contribution in [0, 0.1) is 0 Å². The van der Waals surface area contributed by atoms with Crippen molar-refractivity contribution in [3.63, 3.8) is 0 Å². The fraction of sp³-hybridized carbons (Fsp3) is 0.150. The Bertz CT molecular complexity index is 1170. The summed E-state index contributed by atoms with van der Waals surface area (Å²) in [5, 5.41) is 2.79. The molecule has 30 heavy (non-hydrogen) atoms. The van der Waals surface area contributed by atoms with E-state index in [1.165, 1.54) is 25.1 Å². The number of hydrogen-bond acceptors (Lipinski definition) is 5. The number of aromatic nitrogens is 1. The molecule has 0 spiro atoms. The second-order valence-corrected chi connectivity index (χ2v) is 6.56. The van der Waals surface area contributed by atoms with Crippen LogP contribution in [0.15, 0.2) is 53.3 Å². The first kappa shape index (κ1) is 21.3. The van der Waals surface area contributed by atoms with E-state index in [9.17, 15) is 23.2 Å². The number of hydrogen-bond donors (Lipinski definition) is 2. The lowest BCUT2D eigenvalue weighted by molar-refractivity contribution is -0.123. The van der Waals surface area contributed by atoms with Gasteiger partial charge in [-0.25, -0.2) is 4.79 Å². The number of fused-ring (bicyclic) bond motifs is 1. The van der Waals surface area contributed by atoms with Gasteiger partial charge in [0.05, 0.1) is 10.6 Å². The summed E-state index contributed by atoms with van der Waals surface area (Å²) in [6.07, 6.45) is -1.22. The zero-order valence-electron chi connectivity index (χ0n) is 15.4. The molecule has 156 valence electrons. The first-order chi connectivity index (χ1) is 14.2. The molecular formula is C20H15ClF2N2O5. The first-order valence-electron chi connectivity index (χ1n) is 8.63. The zero-order valence-corrected chi connectivity index (χ0v) is 16.2. The summed E-state index contributed by atoms with van der Waals surface area (Å²) < 4.78 is 34.0. The van der Waals surface area contributed by atoms with Crippen LogP contribution in [0.4, 0.5) is 14.5 Å². The van der Waals surface area contributed by atoms with Gasteiger partial charge in [-0.15, -0.1) is 0 Å². The highest BCUT2D eigenvalue weighted by atomic mass is 35.5. The lowest BCUT2D eigenvalue weighted by Gasteiger charge is -2.15. The van der Waals surface area contributed by atoms with E-state index in [0.29, 0.717) is 10.9 Å². The maximum atomic E-state index is 12.5.